The van der Waals surface area contributed by atoms with E-state index in [0.717, 1.165) is 0 Å². The Morgan fingerprint density at radius 2 is 2.33 bits per heavy atom. The van der Waals surface area contributed by atoms with Crippen LogP contribution in [-0.4, -0.2) is 18.5 Å². The van der Waals surface area contributed by atoms with Crippen molar-refractivity contribution in [2.75, 3.05) is 7.11 Å². The molecule has 0 aliphatic rings. The molecule has 2 nitrogen and oxygen atoms in total. The first kappa shape index (κ1) is 5.92. The molecule has 0 amide bonds. The van der Waals surface area contributed by atoms with E-state index in [1.54, 1.807) is 0 Å². The number of hydrogen-bond donors (Lipinski definition) is 1. The lowest BCUT2D eigenvalue weighted by Gasteiger charge is -2.00. The van der Waals surface area contributed by atoms with Gasteiger partial charge in [0.2, 0.25) is 0 Å². The van der Waals surface area contributed by atoms with Gasteiger partial charge in [-0.15, -0.1) is 0 Å². The van der Waals surface area contributed by atoms with Gasteiger partial charge in [0.15, 0.2) is 6.29 Å². The first-order valence-corrected chi connectivity index (χ1v) is 2.02. The summed E-state index contributed by atoms with van der Waals surface area (Å²) in [6.45, 7) is 1.86. The molecule has 0 aliphatic heterocycles. The lowest BCUT2D eigenvalue weighted by molar-refractivity contribution is -0.0748. The van der Waals surface area contributed by atoms with Crippen molar-refractivity contribution >= 4 is 0 Å². The van der Waals surface area contributed by atoms with Crippen LogP contribution in [0.1, 0.15) is 13.3 Å². The predicted octanol–water partition coefficient (Wildman–Crippen LogP) is 0.361. The number of rotatable bonds is 2. The van der Waals surface area contributed by atoms with Gasteiger partial charge in [-0.25, -0.2) is 0 Å². The molecule has 1 atom stereocenters. The molecule has 0 aromatic carbocycles. The third-order valence-corrected chi connectivity index (χ3v) is 0.621. The van der Waals surface area contributed by atoms with Crippen molar-refractivity contribution in [2.24, 2.45) is 0 Å². The summed E-state index contributed by atoms with van der Waals surface area (Å²) in [7, 11) is 1.48. The van der Waals surface area contributed by atoms with Crippen molar-refractivity contribution in [3.8, 4) is 0 Å². The summed E-state index contributed by atoms with van der Waals surface area (Å²) in [5.74, 6) is 0. The number of methoxy groups -OCH3 is 1. The van der Waals surface area contributed by atoms with Crippen LogP contribution in [0.5, 0.6) is 0 Å². The minimum absolute atomic E-state index is 0.565. The highest BCUT2D eigenvalue weighted by Crippen LogP contribution is 1.85. The van der Waals surface area contributed by atoms with Gasteiger partial charge >= 0.3 is 0 Å². The van der Waals surface area contributed by atoms with Gasteiger partial charge in [0.05, 0.1) is 0 Å². The molecule has 0 heterocycles. The first-order valence-electron chi connectivity index (χ1n) is 2.02. The summed E-state index contributed by atoms with van der Waals surface area (Å²) in [5, 5.41) is 8.44. The molecular formula is C4H10O2. The van der Waals surface area contributed by atoms with Crippen LogP contribution in [0.2, 0.25) is 0 Å². The average Bonchev–Trinajstić information content (AvgIpc) is 1.65. The molecule has 2 heteroatoms. The number of hydrogen-bond acceptors (Lipinski definition) is 2. The van der Waals surface area contributed by atoms with E-state index in [0.29, 0.717) is 6.42 Å². The molecule has 0 saturated heterocycles. The van der Waals surface area contributed by atoms with Crippen LogP contribution in [0.25, 0.3) is 0 Å². The molecule has 0 radical (unpaired) electrons. The van der Waals surface area contributed by atoms with E-state index in [9.17, 15) is 0 Å². The molecule has 0 fully saturated rings. The fraction of sp³-hybridized carbons (Fsp3) is 1.00. The van der Waals surface area contributed by atoms with Crippen LogP contribution < -0.4 is 0 Å². The zero-order valence-corrected chi connectivity index (χ0v) is 4.14. The SMILES string of the molecule is CCC(O)OC. The Morgan fingerprint density at radius 1 is 1.83 bits per heavy atom. The highest BCUT2D eigenvalue weighted by Gasteiger charge is 1.90. The second-order valence-corrected chi connectivity index (χ2v) is 1.10. The van der Waals surface area contributed by atoms with E-state index in [-0.39, 0.29) is 0 Å². The topological polar surface area (TPSA) is 29.5 Å². The summed E-state index contributed by atoms with van der Waals surface area (Å²) in [5.41, 5.74) is 0. The number of aliphatic hydroxyl groups is 1. The van der Waals surface area contributed by atoms with Crippen molar-refractivity contribution in [3.05, 3.63) is 0 Å². The summed E-state index contributed by atoms with van der Waals surface area (Å²) >= 11 is 0. The van der Waals surface area contributed by atoms with Crippen LogP contribution in [0.3, 0.4) is 0 Å². The molecule has 0 aromatic heterocycles. The fourth-order valence-electron chi connectivity index (χ4n) is 0.167. The van der Waals surface area contributed by atoms with E-state index in [2.05, 4.69) is 4.74 Å². The third kappa shape index (κ3) is 2.18. The lowest BCUT2D eigenvalue weighted by Crippen LogP contribution is -2.05. The Balaban J connectivity index is 2.75. The standard InChI is InChI=1S/C4H10O2/c1-3-4(5)6-2/h4-5H,3H2,1-2H3. The summed E-state index contributed by atoms with van der Waals surface area (Å²) < 4.78 is 4.45. The smallest absolute Gasteiger partial charge is 0.153 e. The molecular weight excluding hydrogens is 80.0 g/mol. The third-order valence-electron chi connectivity index (χ3n) is 0.621. The van der Waals surface area contributed by atoms with Crippen molar-refractivity contribution in [1.29, 1.82) is 0 Å². The molecule has 38 valence electrons. The van der Waals surface area contributed by atoms with E-state index in [1.807, 2.05) is 6.92 Å². The highest BCUT2D eigenvalue weighted by atomic mass is 16.6. The van der Waals surface area contributed by atoms with Gasteiger partial charge < -0.3 is 9.84 Å². The summed E-state index contributed by atoms with van der Waals surface area (Å²) in [4.78, 5) is 0. The molecule has 0 aliphatic carbocycles. The van der Waals surface area contributed by atoms with Gasteiger partial charge in [0.1, 0.15) is 0 Å². The maximum absolute atomic E-state index is 8.44. The van der Waals surface area contributed by atoms with Gasteiger partial charge in [-0.2, -0.15) is 0 Å². The second kappa shape index (κ2) is 3.12. The maximum atomic E-state index is 8.44. The molecule has 6 heavy (non-hydrogen) atoms. The fourth-order valence-corrected chi connectivity index (χ4v) is 0.167. The van der Waals surface area contributed by atoms with Crippen molar-refractivity contribution in [3.63, 3.8) is 0 Å². The lowest BCUT2D eigenvalue weighted by atomic mass is 10.5. The Bertz CT molecular complexity index is 24.7. The Morgan fingerprint density at radius 3 is 2.33 bits per heavy atom. The first-order chi connectivity index (χ1) is 2.81. The quantitative estimate of drug-likeness (QED) is 0.496. The van der Waals surface area contributed by atoms with E-state index in [4.69, 9.17) is 5.11 Å². The molecule has 1 N–H and O–H groups in total. The van der Waals surface area contributed by atoms with Crippen LogP contribution in [0.15, 0.2) is 0 Å². The molecule has 0 aromatic rings. The van der Waals surface area contributed by atoms with E-state index < -0.39 is 6.29 Å². The van der Waals surface area contributed by atoms with E-state index in [1.165, 1.54) is 7.11 Å². The Labute approximate surface area is 37.7 Å². The van der Waals surface area contributed by atoms with Crippen molar-refractivity contribution in [1.82, 2.24) is 0 Å². The molecule has 0 saturated carbocycles. The van der Waals surface area contributed by atoms with Crippen LogP contribution in [-0.2, 0) is 4.74 Å². The van der Waals surface area contributed by atoms with Gasteiger partial charge in [-0.3, -0.25) is 0 Å². The van der Waals surface area contributed by atoms with Gasteiger partial charge in [0.25, 0.3) is 0 Å². The van der Waals surface area contributed by atoms with Crippen LogP contribution in [0, 0.1) is 0 Å². The van der Waals surface area contributed by atoms with Crippen LogP contribution >= 0.6 is 0 Å². The van der Waals surface area contributed by atoms with Gasteiger partial charge in [-0.1, -0.05) is 6.92 Å². The zero-order chi connectivity index (χ0) is 4.99. The zero-order valence-electron chi connectivity index (χ0n) is 4.14. The minimum atomic E-state index is -0.565. The van der Waals surface area contributed by atoms with Gasteiger partial charge in [-0.05, 0) is 6.42 Å². The average molecular weight is 90.1 g/mol. The molecule has 0 rings (SSSR count). The second-order valence-electron chi connectivity index (χ2n) is 1.10. The Hall–Kier alpha value is -0.0800. The Kier molecular flexibility index (Phi) is 3.08. The molecule has 0 spiro atoms. The highest BCUT2D eigenvalue weighted by molar-refractivity contribution is 4.26. The monoisotopic (exact) mass is 90.1 g/mol. The van der Waals surface area contributed by atoms with Crippen molar-refractivity contribution < 1.29 is 9.84 Å². The normalized spacial score (nSPS) is 14.5. The number of ether oxygens (including phenoxy) is 1. The molecule has 1 unspecified atom stereocenters. The predicted molar refractivity (Wildman–Crippen MR) is 23.3 cm³/mol. The van der Waals surface area contributed by atoms with E-state index >= 15 is 0 Å². The molecule has 0 bridgehead atoms. The summed E-state index contributed by atoms with van der Waals surface area (Å²) in [6.07, 6.45) is 0.0984. The van der Waals surface area contributed by atoms with Crippen LogP contribution in [0.4, 0.5) is 0 Å². The van der Waals surface area contributed by atoms with Crippen molar-refractivity contribution in [2.45, 2.75) is 19.6 Å². The number of aliphatic hydroxyl groups excluding tert-OH is 1. The van der Waals surface area contributed by atoms with Gasteiger partial charge in [0, 0.05) is 7.11 Å². The largest absolute Gasteiger partial charge is 0.368 e. The minimum Gasteiger partial charge on any atom is -0.368 e. The summed E-state index contributed by atoms with van der Waals surface area (Å²) in [6, 6.07) is 0. The maximum Gasteiger partial charge on any atom is 0.153 e.